The molecule has 0 aliphatic carbocycles. The van der Waals surface area contributed by atoms with E-state index < -0.39 is 11.7 Å². The van der Waals surface area contributed by atoms with E-state index in [0.29, 0.717) is 23.5 Å². The molecule has 2 atom stereocenters. The number of halogens is 3. The van der Waals surface area contributed by atoms with Crippen LogP contribution in [0.25, 0.3) is 22.8 Å². The van der Waals surface area contributed by atoms with Gasteiger partial charge in [-0.1, -0.05) is 24.6 Å². The number of fused-ring (bicyclic) bond motifs is 2. The zero-order valence-corrected chi connectivity index (χ0v) is 17.9. The van der Waals surface area contributed by atoms with Crippen molar-refractivity contribution in [3.05, 3.63) is 53.5 Å². The predicted octanol–water partition coefficient (Wildman–Crippen LogP) is 4.64. The molecule has 0 amide bonds. The second-order valence-corrected chi connectivity index (χ2v) is 6.87. The van der Waals surface area contributed by atoms with E-state index in [1.165, 1.54) is 43.2 Å². The number of alkyl halides is 3. The molecule has 0 spiro atoms. The molecule has 2 fully saturated rings. The number of nitrogens with two attached hydrogens (primary N) is 1. The minimum Gasteiger partial charge on any atom is -0.619 e. The molecule has 2 unspecified atom stereocenters. The zero-order chi connectivity index (χ0) is 19.0. The monoisotopic (exact) mass is 463 g/mol. The summed E-state index contributed by atoms with van der Waals surface area (Å²) >= 11 is 0. The molecular weight excluding hydrogens is 444 g/mol. The van der Waals surface area contributed by atoms with Gasteiger partial charge in [0, 0.05) is 38.3 Å². The quantitative estimate of drug-likeness (QED) is 0.718. The molecule has 145 valence electrons. The Kier molecular flexibility index (Phi) is 6.42. The van der Waals surface area contributed by atoms with Crippen molar-refractivity contribution in [2.75, 3.05) is 0 Å². The van der Waals surface area contributed by atoms with Gasteiger partial charge < -0.3 is 16.2 Å². The maximum absolute atomic E-state index is 13.5. The Morgan fingerprint density at radius 2 is 1.89 bits per heavy atom. The smallest absolute Gasteiger partial charge is 0.417 e. The van der Waals surface area contributed by atoms with E-state index >= 15 is 0 Å². The molecular formula is C19H19F3N5Y-. The van der Waals surface area contributed by atoms with Gasteiger partial charge in [0.1, 0.15) is 0 Å². The van der Waals surface area contributed by atoms with E-state index in [4.69, 9.17) is 5.73 Å². The summed E-state index contributed by atoms with van der Waals surface area (Å²) in [6, 6.07) is 4.76. The van der Waals surface area contributed by atoms with Crippen molar-refractivity contribution in [3.8, 4) is 11.3 Å². The topological polar surface area (TPSA) is 69.1 Å². The van der Waals surface area contributed by atoms with Crippen LogP contribution in [0.2, 0.25) is 0 Å². The predicted molar refractivity (Wildman–Crippen MR) is 96.6 cm³/mol. The Morgan fingerprint density at radius 3 is 2.46 bits per heavy atom. The average Bonchev–Trinajstić information content (AvgIpc) is 2.66. The SMILES string of the molecule is N/C=C\c1cnc(-c2cc([N-]N3C4CCCC3C4)ccc2C(F)(F)F)cn1.[Y]. The molecule has 2 aliphatic rings. The van der Waals surface area contributed by atoms with Gasteiger partial charge in [0.15, 0.2) is 0 Å². The molecule has 1 aromatic heterocycles. The number of hydrogen-bond donors (Lipinski definition) is 1. The van der Waals surface area contributed by atoms with Gasteiger partial charge >= 0.3 is 6.18 Å². The third-order valence-electron chi connectivity index (χ3n) is 5.12. The summed E-state index contributed by atoms with van der Waals surface area (Å²) in [5.41, 5.74) is 10.3. The van der Waals surface area contributed by atoms with Crippen LogP contribution in [0.4, 0.5) is 18.9 Å². The Morgan fingerprint density at radius 1 is 1.14 bits per heavy atom. The second-order valence-electron chi connectivity index (χ2n) is 6.87. The fourth-order valence-corrected chi connectivity index (χ4v) is 3.79. The van der Waals surface area contributed by atoms with E-state index in [0.717, 1.165) is 25.3 Å². The van der Waals surface area contributed by atoms with Gasteiger partial charge in [-0.2, -0.15) is 13.2 Å². The van der Waals surface area contributed by atoms with E-state index in [9.17, 15) is 13.2 Å². The number of rotatable bonds is 4. The average molecular weight is 463 g/mol. The summed E-state index contributed by atoms with van der Waals surface area (Å²) < 4.78 is 40.4. The molecule has 3 heterocycles. The van der Waals surface area contributed by atoms with Gasteiger partial charge in [-0.05, 0) is 43.6 Å². The standard InChI is InChI=1S/C19H19F3N5.Y/c20-19(21,22)17-5-4-12(26-27-14-2-1-3-15(27)9-14)8-16(17)18-11-24-13(6-7-23)10-25-18;/h4-8,10-11,14-15H,1-3,9,23H2;/q-1;/b7-6-;. The first kappa shape index (κ1) is 21.2. The molecule has 4 rings (SSSR count). The largest absolute Gasteiger partial charge is 0.619 e. The van der Waals surface area contributed by atoms with Gasteiger partial charge in [-0.3, -0.25) is 9.97 Å². The number of hydrogen-bond acceptors (Lipinski definition) is 4. The summed E-state index contributed by atoms with van der Waals surface area (Å²) in [4.78, 5) is 8.22. The van der Waals surface area contributed by atoms with Gasteiger partial charge in [-0.15, -0.1) is 5.69 Å². The number of aromatic nitrogens is 2. The molecule has 1 aromatic carbocycles. The Hall–Kier alpha value is -1.51. The molecule has 2 bridgehead atoms. The van der Waals surface area contributed by atoms with E-state index in [-0.39, 0.29) is 44.0 Å². The normalized spacial score (nSPS) is 21.8. The minimum absolute atomic E-state index is 0. The van der Waals surface area contributed by atoms with Crippen molar-refractivity contribution in [1.82, 2.24) is 15.0 Å². The Labute approximate surface area is 186 Å². The van der Waals surface area contributed by atoms with Crippen LogP contribution in [0.15, 0.2) is 36.8 Å². The van der Waals surface area contributed by atoms with Crippen molar-refractivity contribution in [2.45, 2.75) is 43.9 Å². The number of piperidine rings is 1. The van der Waals surface area contributed by atoms with E-state index in [2.05, 4.69) is 15.4 Å². The first-order valence-corrected chi connectivity index (χ1v) is 8.87. The van der Waals surface area contributed by atoms with Crippen LogP contribution < -0.4 is 5.73 Å². The van der Waals surface area contributed by atoms with Gasteiger partial charge in [-0.25, -0.2) is 0 Å². The van der Waals surface area contributed by atoms with Crippen LogP contribution in [0, 0.1) is 0 Å². The number of nitrogens with zero attached hydrogens (tertiary/aromatic N) is 4. The van der Waals surface area contributed by atoms with Crippen LogP contribution in [0.3, 0.4) is 0 Å². The van der Waals surface area contributed by atoms with Crippen LogP contribution in [0.5, 0.6) is 0 Å². The van der Waals surface area contributed by atoms with Crippen molar-refractivity contribution in [3.63, 3.8) is 0 Å². The fraction of sp³-hybridized carbons (Fsp3) is 0.368. The van der Waals surface area contributed by atoms with E-state index in [1.54, 1.807) is 0 Å². The first-order valence-electron chi connectivity index (χ1n) is 8.87. The summed E-state index contributed by atoms with van der Waals surface area (Å²) in [5.74, 6) is 0. The summed E-state index contributed by atoms with van der Waals surface area (Å²) in [6.07, 6.45) is 5.55. The van der Waals surface area contributed by atoms with Crippen LogP contribution in [-0.4, -0.2) is 27.1 Å². The minimum atomic E-state index is -4.49. The van der Waals surface area contributed by atoms with Gasteiger partial charge in [0.2, 0.25) is 0 Å². The molecule has 2 N–H and O–H groups in total. The third kappa shape index (κ3) is 4.24. The first-order chi connectivity index (χ1) is 13.0. The maximum atomic E-state index is 13.5. The number of benzene rings is 1. The Bertz CT molecular complexity index is 840. The zero-order valence-electron chi connectivity index (χ0n) is 15.1. The van der Waals surface area contributed by atoms with Crippen LogP contribution in [0.1, 0.15) is 36.9 Å². The van der Waals surface area contributed by atoms with E-state index in [1.807, 2.05) is 5.01 Å². The van der Waals surface area contributed by atoms with Gasteiger partial charge in [0.25, 0.3) is 0 Å². The molecule has 2 aliphatic heterocycles. The molecule has 9 heteroatoms. The molecule has 0 saturated carbocycles. The summed E-state index contributed by atoms with van der Waals surface area (Å²) in [6.45, 7) is 0. The fourth-order valence-electron chi connectivity index (χ4n) is 3.79. The van der Waals surface area contributed by atoms with Crippen molar-refractivity contribution >= 4 is 11.8 Å². The maximum Gasteiger partial charge on any atom is 0.417 e. The third-order valence-corrected chi connectivity index (χ3v) is 5.12. The molecule has 1 radical (unpaired) electrons. The summed E-state index contributed by atoms with van der Waals surface area (Å²) in [7, 11) is 0. The van der Waals surface area contributed by atoms with Crippen molar-refractivity contribution in [1.29, 1.82) is 0 Å². The second kappa shape index (κ2) is 8.47. The molecule has 28 heavy (non-hydrogen) atoms. The summed E-state index contributed by atoms with van der Waals surface area (Å²) in [5, 5.41) is 2.04. The van der Waals surface area contributed by atoms with Crippen molar-refractivity contribution in [2.24, 2.45) is 5.73 Å². The van der Waals surface area contributed by atoms with Crippen LogP contribution >= 0.6 is 0 Å². The van der Waals surface area contributed by atoms with Crippen molar-refractivity contribution < 1.29 is 45.9 Å². The Balaban J connectivity index is 0.00000225. The van der Waals surface area contributed by atoms with Crippen LogP contribution in [-0.2, 0) is 38.9 Å². The van der Waals surface area contributed by atoms with Gasteiger partial charge in [0.05, 0.1) is 29.3 Å². The molecule has 2 aromatic rings. The molecule has 2 saturated heterocycles. The molecule has 5 nitrogen and oxygen atoms in total.